The topological polar surface area (TPSA) is 49.3 Å². The molecule has 1 fully saturated rings. The minimum Gasteiger partial charge on any atom is -0.353 e. The number of carbonyl (C=O) groups excluding carboxylic acids is 1. The molecule has 5 nitrogen and oxygen atoms in total. The lowest BCUT2D eigenvalue weighted by atomic mass is 10.0. The first-order valence-corrected chi connectivity index (χ1v) is 9.86. The Morgan fingerprint density at radius 2 is 1.88 bits per heavy atom. The minimum atomic E-state index is 0.219. The highest BCUT2D eigenvalue weighted by molar-refractivity contribution is 7.17. The lowest BCUT2D eigenvalue weighted by Gasteiger charge is -2.38. The molecule has 3 aromatic rings. The number of nitrogens with zero attached hydrogens (tertiary/aromatic N) is 4. The molecule has 1 saturated heterocycles. The van der Waals surface area contributed by atoms with E-state index in [0.29, 0.717) is 6.42 Å². The molecule has 0 bridgehead atoms. The Bertz CT molecular complexity index is 887. The molecule has 0 saturated carbocycles. The van der Waals surface area contributed by atoms with Gasteiger partial charge in [0.05, 0.1) is 10.2 Å². The summed E-state index contributed by atoms with van der Waals surface area (Å²) in [5.41, 5.74) is 1.82. The van der Waals surface area contributed by atoms with Gasteiger partial charge in [-0.25, -0.2) is 9.97 Å². The standard InChI is InChI=1S/C20H22N4OS/c1-15(13-18(25)16-5-3-2-4-6-16)23-8-10-24(11-9-23)20-19-17(7-12-26-19)21-14-22-20/h2-7,12,14-15H,8-11,13H2,1H3. The van der Waals surface area contributed by atoms with Crippen LogP contribution in [0, 0.1) is 0 Å². The highest BCUT2D eigenvalue weighted by Gasteiger charge is 2.24. The molecule has 0 N–H and O–H groups in total. The summed E-state index contributed by atoms with van der Waals surface area (Å²) < 4.78 is 1.16. The van der Waals surface area contributed by atoms with Crippen LogP contribution in [0.1, 0.15) is 23.7 Å². The molecular weight excluding hydrogens is 344 g/mol. The maximum absolute atomic E-state index is 12.4. The molecule has 0 spiro atoms. The van der Waals surface area contributed by atoms with Gasteiger partial charge in [-0.15, -0.1) is 11.3 Å². The van der Waals surface area contributed by atoms with Crippen LogP contribution in [-0.4, -0.2) is 52.9 Å². The first kappa shape index (κ1) is 17.1. The Morgan fingerprint density at radius 1 is 1.12 bits per heavy atom. The van der Waals surface area contributed by atoms with E-state index in [4.69, 9.17) is 0 Å². The minimum absolute atomic E-state index is 0.219. The van der Waals surface area contributed by atoms with Gasteiger partial charge in [-0.05, 0) is 18.4 Å². The first-order chi connectivity index (χ1) is 12.7. The van der Waals surface area contributed by atoms with Crippen LogP contribution in [0.2, 0.25) is 0 Å². The van der Waals surface area contributed by atoms with E-state index in [1.807, 2.05) is 36.4 Å². The summed E-state index contributed by atoms with van der Waals surface area (Å²) in [4.78, 5) is 26.0. The van der Waals surface area contributed by atoms with Crippen molar-refractivity contribution >= 4 is 33.2 Å². The van der Waals surface area contributed by atoms with Crippen molar-refractivity contribution in [2.24, 2.45) is 0 Å². The van der Waals surface area contributed by atoms with Crippen molar-refractivity contribution in [2.75, 3.05) is 31.1 Å². The number of aromatic nitrogens is 2. The van der Waals surface area contributed by atoms with Gasteiger partial charge in [0.15, 0.2) is 5.78 Å². The van der Waals surface area contributed by atoms with Crippen LogP contribution in [0.15, 0.2) is 48.1 Å². The number of carbonyl (C=O) groups is 1. The summed E-state index contributed by atoms with van der Waals surface area (Å²) in [5, 5.41) is 2.07. The fourth-order valence-corrected chi connectivity index (χ4v) is 4.38. The van der Waals surface area contributed by atoms with E-state index >= 15 is 0 Å². The van der Waals surface area contributed by atoms with Crippen LogP contribution < -0.4 is 4.90 Å². The molecule has 1 aliphatic heterocycles. The van der Waals surface area contributed by atoms with Crippen molar-refractivity contribution in [1.82, 2.24) is 14.9 Å². The van der Waals surface area contributed by atoms with E-state index in [1.54, 1.807) is 17.7 Å². The molecule has 6 heteroatoms. The van der Waals surface area contributed by atoms with E-state index in [2.05, 4.69) is 32.1 Å². The molecule has 1 aliphatic rings. The summed E-state index contributed by atoms with van der Waals surface area (Å²) in [7, 11) is 0. The predicted molar refractivity (Wildman–Crippen MR) is 106 cm³/mol. The second kappa shape index (κ2) is 7.51. The molecule has 3 heterocycles. The largest absolute Gasteiger partial charge is 0.353 e. The van der Waals surface area contributed by atoms with E-state index in [-0.39, 0.29) is 11.8 Å². The molecule has 0 aliphatic carbocycles. The predicted octanol–water partition coefficient (Wildman–Crippen LogP) is 3.47. The number of hydrogen-bond donors (Lipinski definition) is 0. The second-order valence-electron chi connectivity index (χ2n) is 6.70. The molecule has 1 atom stereocenters. The molecule has 4 rings (SSSR count). The fraction of sp³-hybridized carbons (Fsp3) is 0.350. The van der Waals surface area contributed by atoms with Gasteiger partial charge in [-0.1, -0.05) is 30.3 Å². The highest BCUT2D eigenvalue weighted by atomic mass is 32.1. The smallest absolute Gasteiger partial charge is 0.164 e. The summed E-state index contributed by atoms with van der Waals surface area (Å²) >= 11 is 1.70. The number of ketones is 1. The van der Waals surface area contributed by atoms with Crippen LogP contribution in [0.25, 0.3) is 10.2 Å². The lowest BCUT2D eigenvalue weighted by Crippen LogP contribution is -2.50. The SMILES string of the molecule is CC(CC(=O)c1ccccc1)N1CCN(c2ncnc3ccsc23)CC1. The van der Waals surface area contributed by atoms with Gasteiger partial charge >= 0.3 is 0 Å². The van der Waals surface area contributed by atoms with E-state index in [9.17, 15) is 4.79 Å². The fourth-order valence-electron chi connectivity index (χ4n) is 3.51. The van der Waals surface area contributed by atoms with Crippen LogP contribution in [0.3, 0.4) is 0 Å². The number of benzene rings is 1. The van der Waals surface area contributed by atoms with Crippen molar-refractivity contribution in [3.63, 3.8) is 0 Å². The highest BCUT2D eigenvalue weighted by Crippen LogP contribution is 2.28. The van der Waals surface area contributed by atoms with Gasteiger partial charge in [0.2, 0.25) is 0 Å². The number of fused-ring (bicyclic) bond motifs is 1. The zero-order valence-corrected chi connectivity index (χ0v) is 15.7. The van der Waals surface area contributed by atoms with E-state index in [0.717, 1.165) is 47.8 Å². The maximum atomic E-state index is 12.4. The van der Waals surface area contributed by atoms with Crippen molar-refractivity contribution in [2.45, 2.75) is 19.4 Å². The molecule has 0 radical (unpaired) electrons. The van der Waals surface area contributed by atoms with Crippen molar-refractivity contribution in [3.8, 4) is 0 Å². The van der Waals surface area contributed by atoms with E-state index < -0.39 is 0 Å². The number of rotatable bonds is 5. The number of thiophene rings is 1. The summed E-state index contributed by atoms with van der Waals surface area (Å²) in [5.74, 6) is 1.26. The molecule has 1 aromatic carbocycles. The third kappa shape index (κ3) is 3.48. The molecular formula is C20H22N4OS. The molecule has 2 aromatic heterocycles. The first-order valence-electron chi connectivity index (χ1n) is 8.98. The summed E-state index contributed by atoms with van der Waals surface area (Å²) in [6, 6.07) is 11.9. The Morgan fingerprint density at radius 3 is 2.65 bits per heavy atom. The number of piperazine rings is 1. The Hall–Kier alpha value is -2.31. The molecule has 0 amide bonds. The lowest BCUT2D eigenvalue weighted by molar-refractivity contribution is 0.0923. The summed E-state index contributed by atoms with van der Waals surface area (Å²) in [6.07, 6.45) is 2.21. The molecule has 134 valence electrons. The van der Waals surface area contributed by atoms with E-state index in [1.165, 1.54) is 0 Å². The zero-order valence-electron chi connectivity index (χ0n) is 14.8. The van der Waals surface area contributed by atoms with Crippen molar-refractivity contribution in [1.29, 1.82) is 0 Å². The number of Topliss-reactive ketones (excluding diaryl/α,β-unsaturated/α-hetero) is 1. The van der Waals surface area contributed by atoms with Crippen molar-refractivity contribution in [3.05, 3.63) is 53.7 Å². The summed E-state index contributed by atoms with van der Waals surface area (Å²) in [6.45, 7) is 5.89. The van der Waals surface area contributed by atoms with Gasteiger partial charge in [0.25, 0.3) is 0 Å². The van der Waals surface area contributed by atoms with Crippen molar-refractivity contribution < 1.29 is 4.79 Å². The van der Waals surface area contributed by atoms with Crippen LogP contribution in [0.5, 0.6) is 0 Å². The van der Waals surface area contributed by atoms with Gasteiger partial charge in [-0.3, -0.25) is 9.69 Å². The van der Waals surface area contributed by atoms with Crippen LogP contribution >= 0.6 is 11.3 Å². The Kier molecular flexibility index (Phi) is 4.95. The monoisotopic (exact) mass is 366 g/mol. The van der Waals surface area contributed by atoms with Gasteiger partial charge in [0, 0.05) is 44.2 Å². The normalized spacial score (nSPS) is 16.7. The average Bonchev–Trinajstić information content (AvgIpc) is 3.17. The average molecular weight is 366 g/mol. The maximum Gasteiger partial charge on any atom is 0.164 e. The van der Waals surface area contributed by atoms with Gasteiger partial charge in [-0.2, -0.15) is 0 Å². The number of anilines is 1. The third-order valence-electron chi connectivity index (χ3n) is 5.04. The Labute approximate surface area is 157 Å². The van der Waals surface area contributed by atoms with Crippen LogP contribution in [0.4, 0.5) is 5.82 Å². The Balaban J connectivity index is 1.37. The quantitative estimate of drug-likeness (QED) is 0.647. The molecule has 1 unspecified atom stereocenters. The number of hydrogen-bond acceptors (Lipinski definition) is 6. The van der Waals surface area contributed by atoms with Crippen LogP contribution in [-0.2, 0) is 0 Å². The van der Waals surface area contributed by atoms with Gasteiger partial charge in [0.1, 0.15) is 12.1 Å². The second-order valence-corrected chi connectivity index (χ2v) is 7.61. The third-order valence-corrected chi connectivity index (χ3v) is 5.94. The molecule has 26 heavy (non-hydrogen) atoms. The zero-order chi connectivity index (χ0) is 17.9. The van der Waals surface area contributed by atoms with Gasteiger partial charge < -0.3 is 4.90 Å².